The lowest BCUT2D eigenvalue weighted by Crippen LogP contribution is -2.42. The van der Waals surface area contributed by atoms with Gasteiger partial charge in [0.2, 0.25) is 5.91 Å². The smallest absolute Gasteiger partial charge is 0.346 e. The Bertz CT molecular complexity index is 226. The highest BCUT2D eigenvalue weighted by molar-refractivity contribution is 5.78. The molecule has 1 saturated carbocycles. The minimum Gasteiger partial charge on any atom is -0.346 e. The summed E-state index contributed by atoms with van der Waals surface area (Å²) in [4.78, 5) is 11.0. The number of hydrogen-bond donors (Lipinski definition) is 2. The molecule has 0 bridgehead atoms. The number of nitrogens with one attached hydrogen (secondary N) is 2. The first-order chi connectivity index (χ1) is 6.88. The molecule has 0 aromatic rings. The van der Waals surface area contributed by atoms with Gasteiger partial charge in [0.1, 0.15) is 6.54 Å². The van der Waals surface area contributed by atoms with Gasteiger partial charge < -0.3 is 10.6 Å². The molecule has 0 spiro atoms. The van der Waals surface area contributed by atoms with Gasteiger partial charge in [0.15, 0.2) is 0 Å². The highest BCUT2D eigenvalue weighted by Crippen LogP contribution is 2.32. The zero-order chi connectivity index (χ0) is 11.5. The fraction of sp³-hybridized carbons (Fsp3) is 0.889. The molecule has 88 valence electrons. The topological polar surface area (TPSA) is 41.1 Å². The number of carbonyl (C=O) groups excluding carboxylic acids is 1. The summed E-state index contributed by atoms with van der Waals surface area (Å²) in [6.07, 6.45) is -2.06. The molecule has 1 fully saturated rings. The van der Waals surface area contributed by atoms with Crippen LogP contribution in [-0.2, 0) is 4.79 Å². The molecule has 0 saturated heterocycles. The van der Waals surface area contributed by atoms with Crippen LogP contribution in [0.5, 0.6) is 0 Å². The van der Waals surface area contributed by atoms with Gasteiger partial charge in [-0.05, 0) is 25.7 Å². The lowest BCUT2D eigenvalue weighted by Gasteiger charge is -2.13. The predicted octanol–water partition coefficient (Wildman–Crippen LogP) is 1.05. The molecule has 15 heavy (non-hydrogen) atoms. The molecule has 0 radical (unpaired) electrons. The Hall–Kier alpha value is -0.780. The van der Waals surface area contributed by atoms with Crippen LogP contribution in [0.4, 0.5) is 13.2 Å². The van der Waals surface area contributed by atoms with Crippen LogP contribution in [0.2, 0.25) is 0 Å². The molecule has 1 aliphatic rings. The Morgan fingerprint density at radius 3 is 2.53 bits per heavy atom. The van der Waals surface area contributed by atoms with Gasteiger partial charge >= 0.3 is 6.18 Å². The number of carbonyl (C=O) groups is 1. The summed E-state index contributed by atoms with van der Waals surface area (Å²) < 4.78 is 35.2. The third-order valence-electron chi connectivity index (χ3n) is 2.40. The van der Waals surface area contributed by atoms with Gasteiger partial charge in [0.25, 0.3) is 0 Å². The van der Waals surface area contributed by atoms with E-state index in [4.69, 9.17) is 0 Å². The van der Waals surface area contributed by atoms with E-state index in [0.717, 1.165) is 12.8 Å². The second-order valence-electron chi connectivity index (χ2n) is 3.90. The zero-order valence-corrected chi connectivity index (χ0v) is 8.53. The molecule has 1 unspecified atom stereocenters. The summed E-state index contributed by atoms with van der Waals surface area (Å²) >= 11 is 0. The molecule has 0 heterocycles. The van der Waals surface area contributed by atoms with Crippen molar-refractivity contribution in [2.45, 2.75) is 32.0 Å². The normalized spacial score (nSPS) is 18.7. The molecule has 1 aliphatic carbocycles. The Labute approximate surface area is 86.4 Å². The Morgan fingerprint density at radius 1 is 1.47 bits per heavy atom. The fourth-order valence-electron chi connectivity index (χ4n) is 1.28. The fourth-order valence-corrected chi connectivity index (χ4v) is 1.28. The third kappa shape index (κ3) is 5.61. The minimum atomic E-state index is -4.34. The molecule has 3 nitrogen and oxygen atoms in total. The number of amides is 1. The first kappa shape index (κ1) is 12.3. The van der Waals surface area contributed by atoms with Crippen molar-refractivity contribution in [1.29, 1.82) is 0 Å². The van der Waals surface area contributed by atoms with E-state index in [-0.39, 0.29) is 12.6 Å². The van der Waals surface area contributed by atoms with Crippen LogP contribution >= 0.6 is 0 Å². The van der Waals surface area contributed by atoms with Crippen molar-refractivity contribution in [2.75, 3.05) is 13.1 Å². The summed E-state index contributed by atoms with van der Waals surface area (Å²) in [7, 11) is 0. The first-order valence-corrected chi connectivity index (χ1v) is 4.95. The maximum atomic E-state index is 11.7. The average Bonchev–Trinajstić information content (AvgIpc) is 2.92. The van der Waals surface area contributed by atoms with Crippen molar-refractivity contribution in [1.82, 2.24) is 10.6 Å². The van der Waals surface area contributed by atoms with Gasteiger partial charge in [-0.25, -0.2) is 0 Å². The predicted molar refractivity (Wildman–Crippen MR) is 49.3 cm³/mol. The first-order valence-electron chi connectivity index (χ1n) is 4.95. The zero-order valence-electron chi connectivity index (χ0n) is 8.53. The monoisotopic (exact) mass is 224 g/mol. The molecule has 0 aromatic carbocycles. The van der Waals surface area contributed by atoms with E-state index in [2.05, 4.69) is 5.32 Å². The van der Waals surface area contributed by atoms with Gasteiger partial charge in [-0.1, -0.05) is 0 Å². The van der Waals surface area contributed by atoms with Crippen molar-refractivity contribution in [3.63, 3.8) is 0 Å². The number of alkyl halides is 3. The summed E-state index contributed by atoms with van der Waals surface area (Å²) in [5.41, 5.74) is 0. The van der Waals surface area contributed by atoms with Gasteiger partial charge in [-0.3, -0.25) is 4.79 Å². The van der Waals surface area contributed by atoms with E-state index in [1.807, 2.05) is 12.2 Å². The van der Waals surface area contributed by atoms with Crippen molar-refractivity contribution in [3.8, 4) is 0 Å². The molecular formula is C9H15F3N2O. The van der Waals surface area contributed by atoms with Crippen LogP contribution in [-0.4, -0.2) is 31.2 Å². The van der Waals surface area contributed by atoms with Gasteiger partial charge in [0, 0.05) is 6.04 Å². The SMILES string of the molecule is CC(NCC(=O)NCC(F)(F)F)C1CC1. The van der Waals surface area contributed by atoms with Crippen LogP contribution in [0, 0.1) is 5.92 Å². The molecule has 6 heteroatoms. The molecule has 0 aromatic heterocycles. The maximum Gasteiger partial charge on any atom is 0.405 e. The number of hydrogen-bond acceptors (Lipinski definition) is 2. The summed E-state index contributed by atoms with van der Waals surface area (Å²) in [6.45, 7) is 0.633. The second-order valence-corrected chi connectivity index (χ2v) is 3.90. The molecule has 2 N–H and O–H groups in total. The molecular weight excluding hydrogens is 209 g/mol. The largest absolute Gasteiger partial charge is 0.405 e. The van der Waals surface area contributed by atoms with Crippen molar-refractivity contribution in [2.24, 2.45) is 5.92 Å². The van der Waals surface area contributed by atoms with Crippen LogP contribution < -0.4 is 10.6 Å². The van der Waals surface area contributed by atoms with E-state index in [1.165, 1.54) is 0 Å². The third-order valence-corrected chi connectivity index (χ3v) is 2.40. The van der Waals surface area contributed by atoms with E-state index in [0.29, 0.717) is 5.92 Å². The van der Waals surface area contributed by atoms with Crippen LogP contribution in [0.25, 0.3) is 0 Å². The second kappa shape index (κ2) is 4.83. The standard InChI is InChI=1S/C9H15F3N2O/c1-6(7-2-3-7)13-4-8(15)14-5-9(10,11)12/h6-7,13H,2-5H2,1H3,(H,14,15). The molecule has 1 atom stereocenters. The van der Waals surface area contributed by atoms with Crippen LogP contribution in [0.15, 0.2) is 0 Å². The number of rotatable bonds is 5. The summed E-state index contributed by atoms with van der Waals surface area (Å²) in [5, 5.41) is 4.71. The molecule has 1 amide bonds. The highest BCUT2D eigenvalue weighted by atomic mass is 19.4. The Balaban J connectivity index is 2.07. The lowest BCUT2D eigenvalue weighted by molar-refractivity contribution is -0.137. The Kier molecular flexibility index (Phi) is 3.96. The van der Waals surface area contributed by atoms with Crippen molar-refractivity contribution < 1.29 is 18.0 Å². The van der Waals surface area contributed by atoms with E-state index in [1.54, 1.807) is 0 Å². The number of halogens is 3. The van der Waals surface area contributed by atoms with Crippen LogP contribution in [0.1, 0.15) is 19.8 Å². The van der Waals surface area contributed by atoms with Crippen molar-refractivity contribution >= 4 is 5.91 Å². The maximum absolute atomic E-state index is 11.7. The van der Waals surface area contributed by atoms with E-state index >= 15 is 0 Å². The van der Waals surface area contributed by atoms with E-state index in [9.17, 15) is 18.0 Å². The highest BCUT2D eigenvalue weighted by Gasteiger charge is 2.29. The molecule has 1 rings (SSSR count). The van der Waals surface area contributed by atoms with Gasteiger partial charge in [-0.2, -0.15) is 13.2 Å². The Morgan fingerprint density at radius 2 is 2.07 bits per heavy atom. The minimum absolute atomic E-state index is 0.0479. The van der Waals surface area contributed by atoms with Crippen molar-refractivity contribution in [3.05, 3.63) is 0 Å². The summed E-state index contributed by atoms with van der Waals surface area (Å²) in [6, 6.07) is 0.210. The van der Waals surface area contributed by atoms with Gasteiger partial charge in [-0.15, -0.1) is 0 Å². The average molecular weight is 224 g/mol. The van der Waals surface area contributed by atoms with E-state index < -0.39 is 18.6 Å². The lowest BCUT2D eigenvalue weighted by atomic mass is 10.2. The quantitative estimate of drug-likeness (QED) is 0.733. The van der Waals surface area contributed by atoms with Crippen LogP contribution in [0.3, 0.4) is 0 Å². The summed E-state index contributed by atoms with van der Waals surface area (Å²) in [5.74, 6) is -0.0276. The van der Waals surface area contributed by atoms with Gasteiger partial charge in [0.05, 0.1) is 6.54 Å². The molecule has 0 aliphatic heterocycles.